The Kier molecular flexibility index (Phi) is 5.53. The molecule has 0 aliphatic carbocycles. The number of benzene rings is 1. The first kappa shape index (κ1) is 20.7. The molecule has 0 saturated heterocycles. The second-order valence-electron chi connectivity index (χ2n) is 6.57. The van der Waals surface area contributed by atoms with E-state index >= 15 is 0 Å². The molecule has 0 radical (unpaired) electrons. The number of carbonyl (C=O) groups is 1. The maximum absolute atomic E-state index is 12.9. The molecule has 0 saturated carbocycles. The van der Waals surface area contributed by atoms with Crippen LogP contribution in [0.1, 0.15) is 41.0 Å². The number of hydrogen-bond donors (Lipinski definition) is 1. The van der Waals surface area contributed by atoms with E-state index in [0.717, 1.165) is 24.4 Å². The Balaban J connectivity index is 2.09. The van der Waals surface area contributed by atoms with Crippen LogP contribution in [0.25, 0.3) is 0 Å². The summed E-state index contributed by atoms with van der Waals surface area (Å²) in [5.74, 6) is -0.670. The largest absolute Gasteiger partial charge is 0.433 e. The predicted molar refractivity (Wildman–Crippen MR) is 86.0 cm³/mol. The summed E-state index contributed by atoms with van der Waals surface area (Å²) in [6.45, 7) is 3.27. The van der Waals surface area contributed by atoms with Crippen molar-refractivity contribution in [3.63, 3.8) is 0 Å². The number of rotatable bonds is 4. The zero-order valence-electron chi connectivity index (χ0n) is 14.4. The maximum Gasteiger partial charge on any atom is 0.433 e. The summed E-state index contributed by atoms with van der Waals surface area (Å²) in [7, 11) is 0. The van der Waals surface area contributed by atoms with Crippen molar-refractivity contribution in [3.05, 3.63) is 65.0 Å². The van der Waals surface area contributed by atoms with Gasteiger partial charge in [0, 0.05) is 18.2 Å². The van der Waals surface area contributed by atoms with Gasteiger partial charge in [-0.3, -0.25) is 9.78 Å². The van der Waals surface area contributed by atoms with E-state index in [1.54, 1.807) is 13.8 Å². The van der Waals surface area contributed by atoms with Gasteiger partial charge < -0.3 is 5.32 Å². The van der Waals surface area contributed by atoms with Crippen LogP contribution in [0, 0.1) is 0 Å². The zero-order chi connectivity index (χ0) is 20.5. The fourth-order valence-corrected chi connectivity index (χ4v) is 2.32. The molecule has 146 valence electrons. The SMILES string of the molecule is CC(C)(CNC(=O)c1ccc(C(F)(F)F)nc1)c1cccc(C(F)(F)F)c1. The molecule has 1 heterocycles. The molecule has 0 fully saturated rings. The first-order valence-electron chi connectivity index (χ1n) is 7.80. The molecule has 1 aromatic heterocycles. The van der Waals surface area contributed by atoms with E-state index < -0.39 is 34.9 Å². The molecule has 1 aromatic carbocycles. The summed E-state index contributed by atoms with van der Waals surface area (Å²) in [6, 6.07) is 6.43. The number of carbonyl (C=O) groups excluding carboxylic acids is 1. The van der Waals surface area contributed by atoms with Gasteiger partial charge in [0.2, 0.25) is 0 Å². The van der Waals surface area contributed by atoms with E-state index in [9.17, 15) is 31.1 Å². The molecule has 9 heteroatoms. The smallest absolute Gasteiger partial charge is 0.351 e. The van der Waals surface area contributed by atoms with Gasteiger partial charge in [0.15, 0.2) is 0 Å². The average Bonchev–Trinajstić information content (AvgIpc) is 2.58. The first-order chi connectivity index (χ1) is 12.3. The van der Waals surface area contributed by atoms with Gasteiger partial charge in [0.1, 0.15) is 5.69 Å². The van der Waals surface area contributed by atoms with Crippen molar-refractivity contribution in [1.29, 1.82) is 0 Å². The van der Waals surface area contributed by atoms with Crippen molar-refractivity contribution in [2.75, 3.05) is 6.54 Å². The lowest BCUT2D eigenvalue weighted by molar-refractivity contribution is -0.141. The maximum atomic E-state index is 12.9. The number of aromatic nitrogens is 1. The van der Waals surface area contributed by atoms with Crippen LogP contribution in [0.4, 0.5) is 26.3 Å². The summed E-state index contributed by atoms with van der Waals surface area (Å²) >= 11 is 0. The molecule has 0 aliphatic rings. The minimum absolute atomic E-state index is 0.0197. The van der Waals surface area contributed by atoms with Gasteiger partial charge in [0.25, 0.3) is 5.91 Å². The summed E-state index contributed by atoms with van der Waals surface area (Å²) in [5.41, 5.74) is -2.48. The van der Waals surface area contributed by atoms with E-state index in [0.29, 0.717) is 11.6 Å². The lowest BCUT2D eigenvalue weighted by Gasteiger charge is -2.26. The predicted octanol–water partition coefficient (Wildman–Crippen LogP) is 4.83. The van der Waals surface area contributed by atoms with E-state index in [4.69, 9.17) is 0 Å². The van der Waals surface area contributed by atoms with Gasteiger partial charge in [-0.25, -0.2) is 0 Å². The lowest BCUT2D eigenvalue weighted by Crippen LogP contribution is -2.37. The van der Waals surface area contributed by atoms with Crippen molar-refractivity contribution < 1.29 is 31.1 Å². The molecule has 0 atom stereocenters. The van der Waals surface area contributed by atoms with Gasteiger partial charge >= 0.3 is 12.4 Å². The van der Waals surface area contributed by atoms with Crippen LogP contribution < -0.4 is 5.32 Å². The average molecular weight is 390 g/mol. The van der Waals surface area contributed by atoms with Gasteiger partial charge in [-0.1, -0.05) is 32.0 Å². The van der Waals surface area contributed by atoms with Gasteiger partial charge in [-0.05, 0) is 23.8 Å². The van der Waals surface area contributed by atoms with Crippen LogP contribution in [0.3, 0.4) is 0 Å². The molecular weight excluding hydrogens is 374 g/mol. The van der Waals surface area contributed by atoms with Crippen molar-refractivity contribution >= 4 is 5.91 Å². The van der Waals surface area contributed by atoms with Crippen LogP contribution in [-0.2, 0) is 17.8 Å². The molecule has 2 rings (SSSR count). The number of hydrogen-bond acceptors (Lipinski definition) is 2. The standard InChI is InChI=1S/C18H16F6N2O/c1-16(2,12-4-3-5-13(8-12)17(19,20)21)10-26-15(27)11-6-7-14(25-9-11)18(22,23)24/h3-9H,10H2,1-2H3,(H,26,27). The zero-order valence-corrected chi connectivity index (χ0v) is 14.4. The summed E-state index contributed by atoms with van der Waals surface area (Å²) < 4.78 is 76.0. The number of halogens is 6. The summed E-state index contributed by atoms with van der Waals surface area (Å²) in [5, 5.41) is 2.51. The van der Waals surface area contributed by atoms with Crippen LogP contribution in [-0.4, -0.2) is 17.4 Å². The van der Waals surface area contributed by atoms with Crippen LogP contribution in [0.5, 0.6) is 0 Å². The van der Waals surface area contributed by atoms with Crippen molar-refractivity contribution in [1.82, 2.24) is 10.3 Å². The van der Waals surface area contributed by atoms with E-state index in [2.05, 4.69) is 10.3 Å². The van der Waals surface area contributed by atoms with E-state index in [1.165, 1.54) is 12.1 Å². The third-order valence-corrected chi connectivity index (χ3v) is 3.98. The quantitative estimate of drug-likeness (QED) is 0.760. The van der Waals surface area contributed by atoms with Gasteiger partial charge in [-0.15, -0.1) is 0 Å². The number of pyridine rings is 1. The Morgan fingerprint density at radius 3 is 2.11 bits per heavy atom. The number of amides is 1. The number of alkyl halides is 6. The summed E-state index contributed by atoms with van der Waals surface area (Å²) in [6.07, 6.45) is -8.29. The molecule has 27 heavy (non-hydrogen) atoms. The monoisotopic (exact) mass is 390 g/mol. The van der Waals surface area contributed by atoms with E-state index in [1.807, 2.05) is 0 Å². The highest BCUT2D eigenvalue weighted by atomic mass is 19.4. The molecule has 1 amide bonds. The third-order valence-electron chi connectivity index (χ3n) is 3.98. The second kappa shape index (κ2) is 7.21. The molecule has 2 aromatic rings. The number of nitrogens with one attached hydrogen (secondary N) is 1. The molecule has 0 bridgehead atoms. The highest BCUT2D eigenvalue weighted by Gasteiger charge is 2.33. The van der Waals surface area contributed by atoms with Gasteiger partial charge in [0.05, 0.1) is 11.1 Å². The lowest BCUT2D eigenvalue weighted by atomic mass is 9.83. The fraction of sp³-hybridized carbons (Fsp3) is 0.333. The number of nitrogens with zero attached hydrogens (tertiary/aromatic N) is 1. The Morgan fingerprint density at radius 2 is 1.59 bits per heavy atom. The highest BCUT2D eigenvalue weighted by molar-refractivity contribution is 5.93. The normalized spacial score (nSPS) is 12.7. The Hall–Kier alpha value is -2.58. The van der Waals surface area contributed by atoms with Crippen molar-refractivity contribution in [2.24, 2.45) is 0 Å². The summed E-state index contributed by atoms with van der Waals surface area (Å²) in [4.78, 5) is 15.3. The van der Waals surface area contributed by atoms with Crippen molar-refractivity contribution in [2.45, 2.75) is 31.6 Å². The molecule has 0 spiro atoms. The Labute approximate surface area is 151 Å². The first-order valence-corrected chi connectivity index (χ1v) is 7.80. The Bertz CT molecular complexity index is 810. The second-order valence-corrected chi connectivity index (χ2v) is 6.57. The molecule has 0 aliphatic heterocycles. The fourth-order valence-electron chi connectivity index (χ4n) is 2.32. The minimum atomic E-state index is -4.61. The van der Waals surface area contributed by atoms with Crippen LogP contribution in [0.2, 0.25) is 0 Å². The Morgan fingerprint density at radius 1 is 0.963 bits per heavy atom. The highest BCUT2D eigenvalue weighted by Crippen LogP contribution is 2.32. The van der Waals surface area contributed by atoms with Crippen LogP contribution in [0.15, 0.2) is 42.6 Å². The molecule has 1 N–H and O–H groups in total. The van der Waals surface area contributed by atoms with E-state index in [-0.39, 0.29) is 12.1 Å². The molecule has 3 nitrogen and oxygen atoms in total. The molecular formula is C18H16F6N2O. The van der Waals surface area contributed by atoms with Gasteiger partial charge in [-0.2, -0.15) is 26.3 Å². The minimum Gasteiger partial charge on any atom is -0.351 e. The van der Waals surface area contributed by atoms with Crippen molar-refractivity contribution in [3.8, 4) is 0 Å². The molecule has 0 unspecified atom stereocenters. The third kappa shape index (κ3) is 5.21. The topological polar surface area (TPSA) is 42.0 Å². The van der Waals surface area contributed by atoms with Crippen LogP contribution >= 0.6 is 0 Å².